The number of amides is 1. The maximum absolute atomic E-state index is 12.7. The minimum Gasteiger partial charge on any atom is -0.273 e. The van der Waals surface area contributed by atoms with Gasteiger partial charge in [-0.15, -0.1) is 0 Å². The highest BCUT2D eigenvalue weighted by atomic mass is 35.5. The molecule has 29 heavy (non-hydrogen) atoms. The minimum absolute atomic E-state index is 0.189. The second-order valence-electron chi connectivity index (χ2n) is 6.53. The Bertz CT molecular complexity index is 1020. The predicted octanol–water partition coefficient (Wildman–Crippen LogP) is 4.20. The standard InChI is InChI=1S/C19H18Cl3N3O3S/c20-15-3-5-17(6-4-15)29(27,28)25-9-7-13(8-10-25)19(26)24-23-12-14-1-2-16(21)11-18(14)22/h1-6,11-13H,7-10H2,(H,24,26)/b23-12+. The maximum atomic E-state index is 12.7. The van der Waals surface area contributed by atoms with E-state index < -0.39 is 10.0 Å². The maximum Gasteiger partial charge on any atom is 0.243 e. The SMILES string of the molecule is O=C(N/N=C/c1ccc(Cl)cc1Cl)C1CCN(S(=O)(=O)c2ccc(Cl)cc2)CC1. The zero-order valence-electron chi connectivity index (χ0n) is 15.2. The van der Waals surface area contributed by atoms with Crippen molar-refractivity contribution in [2.45, 2.75) is 17.7 Å². The Kier molecular flexibility index (Phi) is 7.19. The fourth-order valence-corrected chi connectivity index (χ4v) is 5.03. The molecule has 6 nitrogen and oxygen atoms in total. The third kappa shape index (κ3) is 5.49. The number of benzene rings is 2. The lowest BCUT2D eigenvalue weighted by Gasteiger charge is -2.30. The molecule has 1 amide bonds. The lowest BCUT2D eigenvalue weighted by molar-refractivity contribution is -0.126. The van der Waals surface area contributed by atoms with Gasteiger partial charge in [-0.1, -0.05) is 40.9 Å². The molecule has 10 heteroatoms. The summed E-state index contributed by atoms with van der Waals surface area (Å²) in [5.74, 6) is -0.570. The van der Waals surface area contributed by atoms with E-state index in [0.29, 0.717) is 33.5 Å². The van der Waals surface area contributed by atoms with Gasteiger partial charge in [-0.25, -0.2) is 13.8 Å². The van der Waals surface area contributed by atoms with Gasteiger partial charge in [0.05, 0.1) is 16.1 Å². The molecule has 2 aromatic rings. The van der Waals surface area contributed by atoms with Crippen LogP contribution in [0.25, 0.3) is 0 Å². The first-order valence-corrected chi connectivity index (χ1v) is 11.4. The van der Waals surface area contributed by atoms with Crippen LogP contribution < -0.4 is 5.43 Å². The van der Waals surface area contributed by atoms with Gasteiger partial charge in [0, 0.05) is 34.6 Å². The van der Waals surface area contributed by atoms with Crippen LogP contribution in [-0.4, -0.2) is 37.9 Å². The van der Waals surface area contributed by atoms with Crippen LogP contribution in [0, 0.1) is 5.92 Å². The molecule has 1 N–H and O–H groups in total. The molecule has 3 rings (SSSR count). The van der Waals surface area contributed by atoms with Crippen molar-refractivity contribution in [1.82, 2.24) is 9.73 Å². The van der Waals surface area contributed by atoms with Crippen LogP contribution in [0.2, 0.25) is 15.1 Å². The summed E-state index contributed by atoms with van der Waals surface area (Å²) in [6.45, 7) is 0.519. The average molecular weight is 475 g/mol. The van der Waals surface area contributed by atoms with Crippen molar-refractivity contribution in [1.29, 1.82) is 0 Å². The van der Waals surface area contributed by atoms with E-state index in [4.69, 9.17) is 34.8 Å². The third-order valence-corrected chi connectivity index (χ3v) is 7.34. The molecule has 0 radical (unpaired) electrons. The zero-order valence-corrected chi connectivity index (χ0v) is 18.3. The van der Waals surface area contributed by atoms with Crippen LogP contribution in [0.4, 0.5) is 0 Å². The first-order chi connectivity index (χ1) is 13.8. The number of nitrogens with one attached hydrogen (secondary N) is 1. The van der Waals surface area contributed by atoms with Crippen molar-refractivity contribution in [2.75, 3.05) is 13.1 Å². The first kappa shape index (κ1) is 22.1. The molecule has 2 aromatic carbocycles. The normalized spacial score (nSPS) is 16.2. The lowest BCUT2D eigenvalue weighted by Crippen LogP contribution is -2.42. The van der Waals surface area contributed by atoms with E-state index >= 15 is 0 Å². The Morgan fingerprint density at radius 1 is 1.03 bits per heavy atom. The highest BCUT2D eigenvalue weighted by molar-refractivity contribution is 7.89. The molecule has 1 aliphatic heterocycles. The molecular weight excluding hydrogens is 457 g/mol. The predicted molar refractivity (Wildman–Crippen MR) is 115 cm³/mol. The van der Waals surface area contributed by atoms with Crippen LogP contribution >= 0.6 is 34.8 Å². The van der Waals surface area contributed by atoms with Gasteiger partial charge in [0.15, 0.2) is 0 Å². The monoisotopic (exact) mass is 473 g/mol. The minimum atomic E-state index is -3.60. The largest absolute Gasteiger partial charge is 0.273 e. The smallest absolute Gasteiger partial charge is 0.243 e. The Morgan fingerprint density at radius 3 is 2.28 bits per heavy atom. The van der Waals surface area contributed by atoms with Gasteiger partial charge >= 0.3 is 0 Å². The summed E-state index contributed by atoms with van der Waals surface area (Å²) in [4.78, 5) is 12.5. The zero-order chi connectivity index (χ0) is 21.0. The van der Waals surface area contributed by atoms with Crippen LogP contribution in [0.1, 0.15) is 18.4 Å². The van der Waals surface area contributed by atoms with E-state index in [2.05, 4.69) is 10.5 Å². The Balaban J connectivity index is 1.55. The number of hydrazone groups is 1. The summed E-state index contributed by atoms with van der Waals surface area (Å²) < 4.78 is 26.8. The first-order valence-electron chi connectivity index (χ1n) is 8.81. The summed E-state index contributed by atoms with van der Waals surface area (Å²) in [5.41, 5.74) is 3.12. The van der Waals surface area contributed by atoms with Crippen LogP contribution in [0.3, 0.4) is 0 Å². The number of nitrogens with zero attached hydrogens (tertiary/aromatic N) is 2. The molecule has 1 aliphatic rings. The Hall–Kier alpha value is -1.64. The van der Waals surface area contributed by atoms with Gasteiger partial charge in [-0.2, -0.15) is 9.41 Å². The Morgan fingerprint density at radius 2 is 1.66 bits per heavy atom. The molecule has 0 unspecified atom stereocenters. The van der Waals surface area contributed by atoms with Gasteiger partial charge in [0.1, 0.15) is 0 Å². The van der Waals surface area contributed by atoms with Gasteiger partial charge in [-0.05, 0) is 49.2 Å². The molecular formula is C19H18Cl3N3O3S. The quantitative estimate of drug-likeness (QED) is 0.521. The number of hydrogen-bond acceptors (Lipinski definition) is 4. The molecule has 0 aromatic heterocycles. The second kappa shape index (κ2) is 9.45. The summed E-state index contributed by atoms with van der Waals surface area (Å²) >= 11 is 17.7. The molecule has 0 atom stereocenters. The number of halogens is 3. The molecule has 0 spiro atoms. The van der Waals surface area contributed by atoms with Gasteiger partial charge in [-0.3, -0.25) is 4.79 Å². The number of carbonyl (C=O) groups is 1. The number of piperidine rings is 1. The molecule has 0 bridgehead atoms. The topological polar surface area (TPSA) is 78.8 Å². The summed E-state index contributed by atoms with van der Waals surface area (Å²) in [6.07, 6.45) is 2.27. The van der Waals surface area contributed by atoms with Crippen molar-refractivity contribution in [3.05, 3.63) is 63.1 Å². The van der Waals surface area contributed by atoms with Crippen molar-refractivity contribution >= 4 is 56.9 Å². The molecule has 1 saturated heterocycles. The number of sulfonamides is 1. The van der Waals surface area contributed by atoms with Gasteiger partial charge in [0.25, 0.3) is 0 Å². The van der Waals surface area contributed by atoms with Crippen molar-refractivity contribution in [3.8, 4) is 0 Å². The number of hydrogen-bond donors (Lipinski definition) is 1. The number of rotatable bonds is 5. The van der Waals surface area contributed by atoms with E-state index in [1.54, 1.807) is 30.3 Å². The average Bonchev–Trinajstić information content (AvgIpc) is 2.70. The van der Waals surface area contributed by atoms with Gasteiger partial charge in [0.2, 0.25) is 15.9 Å². The second-order valence-corrected chi connectivity index (χ2v) is 9.75. The summed E-state index contributed by atoms with van der Waals surface area (Å²) in [5, 5.41) is 5.34. The van der Waals surface area contributed by atoms with Crippen molar-refractivity contribution < 1.29 is 13.2 Å². The van der Waals surface area contributed by atoms with Gasteiger partial charge < -0.3 is 0 Å². The fraction of sp³-hybridized carbons (Fsp3) is 0.263. The van der Waals surface area contributed by atoms with E-state index in [1.807, 2.05) is 0 Å². The molecule has 0 aliphatic carbocycles. The van der Waals surface area contributed by atoms with Crippen LogP contribution in [-0.2, 0) is 14.8 Å². The van der Waals surface area contributed by atoms with E-state index in [1.165, 1.54) is 22.7 Å². The lowest BCUT2D eigenvalue weighted by atomic mass is 9.98. The summed E-state index contributed by atoms with van der Waals surface area (Å²) in [7, 11) is -3.60. The highest BCUT2D eigenvalue weighted by Crippen LogP contribution is 2.25. The van der Waals surface area contributed by atoms with E-state index in [0.717, 1.165) is 0 Å². The van der Waals surface area contributed by atoms with E-state index in [-0.39, 0.29) is 29.8 Å². The summed E-state index contributed by atoms with van der Waals surface area (Å²) in [6, 6.07) is 11.0. The highest BCUT2D eigenvalue weighted by Gasteiger charge is 2.32. The van der Waals surface area contributed by atoms with Crippen molar-refractivity contribution in [3.63, 3.8) is 0 Å². The van der Waals surface area contributed by atoms with Crippen LogP contribution in [0.5, 0.6) is 0 Å². The van der Waals surface area contributed by atoms with E-state index in [9.17, 15) is 13.2 Å². The Labute approximate surface area is 184 Å². The van der Waals surface area contributed by atoms with Crippen molar-refractivity contribution in [2.24, 2.45) is 11.0 Å². The fourth-order valence-electron chi connectivity index (χ4n) is 2.98. The third-order valence-electron chi connectivity index (χ3n) is 4.62. The number of carbonyl (C=O) groups excluding carboxylic acids is 1. The molecule has 1 fully saturated rings. The molecule has 154 valence electrons. The van der Waals surface area contributed by atoms with Crippen LogP contribution in [0.15, 0.2) is 52.5 Å². The molecule has 1 heterocycles. The molecule has 0 saturated carbocycles.